The van der Waals surface area contributed by atoms with Crippen molar-refractivity contribution in [2.45, 2.75) is 60.5 Å². The van der Waals surface area contributed by atoms with Gasteiger partial charge in [0.2, 0.25) is 0 Å². The van der Waals surface area contributed by atoms with Crippen molar-refractivity contribution in [3.8, 4) is 11.5 Å². The van der Waals surface area contributed by atoms with Crippen LogP contribution >= 0.6 is 0 Å². The highest BCUT2D eigenvalue weighted by Gasteiger charge is 2.27. The molecule has 35 heavy (non-hydrogen) atoms. The molecule has 7 heteroatoms. The number of nitrogens with one attached hydrogen (secondary N) is 1. The molecule has 1 heterocycles. The lowest BCUT2D eigenvalue weighted by atomic mass is 9.97. The van der Waals surface area contributed by atoms with Crippen LogP contribution in [0.1, 0.15) is 74.5 Å². The first kappa shape index (κ1) is 28.2. The minimum absolute atomic E-state index is 0.155. The van der Waals surface area contributed by atoms with Gasteiger partial charge < -0.3 is 30.8 Å². The Morgan fingerprint density at radius 2 is 1.86 bits per heavy atom. The monoisotopic (exact) mass is 482 g/mol. The van der Waals surface area contributed by atoms with Crippen molar-refractivity contribution in [1.82, 2.24) is 9.80 Å². The van der Waals surface area contributed by atoms with Crippen molar-refractivity contribution in [2.24, 2.45) is 5.92 Å². The molecule has 4 N–H and O–H groups in total. The molecule has 0 atom stereocenters. The molecule has 0 aromatic heterocycles. The Morgan fingerprint density at radius 1 is 1.17 bits per heavy atom. The minimum Gasteiger partial charge on any atom is -0.507 e. The zero-order chi connectivity index (χ0) is 26.1. The standard InChI is InChI=1S/C26H36N4O3.C2H6/c1-5-29(4)10-11-33-20-8-7-18-15-30(16-19(18)12-20)26(32)22-13-21(24(28)14-25(22)31)23(27)9-6-17(2)3;1-2/h7-8,12-14,17,27,31H,5-6,9-11,15-16,28H2,1-4H3;1-2H3. The number of aromatic hydroxyl groups is 1. The summed E-state index contributed by atoms with van der Waals surface area (Å²) in [6, 6.07) is 8.88. The minimum atomic E-state index is -0.270. The zero-order valence-corrected chi connectivity index (χ0v) is 22.1. The summed E-state index contributed by atoms with van der Waals surface area (Å²) >= 11 is 0. The van der Waals surface area contributed by atoms with Gasteiger partial charge in [-0.25, -0.2) is 0 Å². The van der Waals surface area contributed by atoms with E-state index in [4.69, 9.17) is 15.9 Å². The largest absolute Gasteiger partial charge is 0.507 e. The summed E-state index contributed by atoms with van der Waals surface area (Å²) in [6.07, 6.45) is 1.44. The number of nitrogens with two attached hydrogens (primary N) is 1. The number of likely N-dealkylation sites (N-methyl/N-ethyl adjacent to an activating group) is 1. The number of ether oxygens (including phenoxy) is 1. The van der Waals surface area contributed by atoms with Crippen LogP contribution in [0.4, 0.5) is 5.69 Å². The van der Waals surface area contributed by atoms with Gasteiger partial charge in [-0.05, 0) is 61.7 Å². The fourth-order valence-corrected chi connectivity index (χ4v) is 3.86. The van der Waals surface area contributed by atoms with E-state index in [1.165, 1.54) is 6.07 Å². The molecule has 0 aliphatic carbocycles. The Kier molecular flexibility index (Phi) is 10.6. The van der Waals surface area contributed by atoms with E-state index < -0.39 is 0 Å². The van der Waals surface area contributed by atoms with Gasteiger partial charge in [0.05, 0.1) is 5.56 Å². The number of hydrogen-bond acceptors (Lipinski definition) is 6. The van der Waals surface area contributed by atoms with E-state index in [1.54, 1.807) is 11.0 Å². The molecular formula is C28H42N4O3. The van der Waals surface area contributed by atoms with Gasteiger partial charge in [0.15, 0.2) is 0 Å². The van der Waals surface area contributed by atoms with Crippen LogP contribution in [0.3, 0.4) is 0 Å². The molecule has 0 fully saturated rings. The van der Waals surface area contributed by atoms with Gasteiger partial charge in [0.25, 0.3) is 5.91 Å². The van der Waals surface area contributed by atoms with Gasteiger partial charge in [0.1, 0.15) is 18.1 Å². The molecule has 2 aromatic rings. The van der Waals surface area contributed by atoms with Crippen LogP contribution in [0, 0.1) is 11.3 Å². The third-order valence-electron chi connectivity index (χ3n) is 6.16. The second kappa shape index (κ2) is 13.1. The second-order valence-corrected chi connectivity index (χ2v) is 9.20. The summed E-state index contributed by atoms with van der Waals surface area (Å²) in [5.74, 6) is 0.838. The van der Waals surface area contributed by atoms with Crippen LogP contribution in [0.15, 0.2) is 30.3 Å². The molecule has 1 aliphatic heterocycles. The maximum Gasteiger partial charge on any atom is 0.258 e. The van der Waals surface area contributed by atoms with E-state index in [0.717, 1.165) is 36.4 Å². The first-order chi connectivity index (χ1) is 16.7. The normalized spacial score (nSPS) is 12.4. The Labute approximate surface area is 210 Å². The number of nitrogens with zero attached hydrogens (tertiary/aromatic N) is 2. The Balaban J connectivity index is 0.00000210. The van der Waals surface area contributed by atoms with E-state index >= 15 is 0 Å². The van der Waals surface area contributed by atoms with Crippen LogP contribution in [0.2, 0.25) is 0 Å². The molecule has 0 spiro atoms. The molecule has 0 saturated heterocycles. The molecule has 0 saturated carbocycles. The maximum absolute atomic E-state index is 13.3. The van der Waals surface area contributed by atoms with Gasteiger partial charge in [-0.3, -0.25) is 4.79 Å². The van der Waals surface area contributed by atoms with Gasteiger partial charge in [0, 0.05) is 42.7 Å². The summed E-state index contributed by atoms with van der Waals surface area (Å²) in [5, 5.41) is 18.8. The third kappa shape index (κ3) is 7.46. The molecule has 1 aliphatic rings. The molecule has 7 nitrogen and oxygen atoms in total. The molecular weight excluding hydrogens is 440 g/mol. The number of benzene rings is 2. The highest BCUT2D eigenvalue weighted by Crippen LogP contribution is 2.32. The SMILES string of the molecule is CC.CCN(C)CCOc1ccc2c(c1)CN(C(=O)c1cc(C(=N)CCC(C)C)c(N)cc1O)C2. The van der Waals surface area contributed by atoms with Crippen molar-refractivity contribution in [2.75, 3.05) is 32.5 Å². The number of rotatable bonds is 10. The highest BCUT2D eigenvalue weighted by molar-refractivity contribution is 6.06. The summed E-state index contributed by atoms with van der Waals surface area (Å²) in [7, 11) is 2.05. The number of anilines is 1. The molecule has 3 rings (SSSR count). The molecule has 192 valence electrons. The predicted molar refractivity (Wildman–Crippen MR) is 143 cm³/mol. The van der Waals surface area contributed by atoms with Gasteiger partial charge >= 0.3 is 0 Å². The van der Waals surface area contributed by atoms with Crippen molar-refractivity contribution in [1.29, 1.82) is 5.41 Å². The van der Waals surface area contributed by atoms with Crippen LogP contribution in [0.5, 0.6) is 11.5 Å². The lowest BCUT2D eigenvalue weighted by Gasteiger charge is -2.18. The van der Waals surface area contributed by atoms with Gasteiger partial charge in [-0.2, -0.15) is 0 Å². The van der Waals surface area contributed by atoms with Crippen molar-refractivity contribution in [3.05, 3.63) is 52.6 Å². The summed E-state index contributed by atoms with van der Waals surface area (Å²) < 4.78 is 5.88. The second-order valence-electron chi connectivity index (χ2n) is 9.20. The summed E-state index contributed by atoms with van der Waals surface area (Å²) in [4.78, 5) is 17.2. The van der Waals surface area contributed by atoms with Crippen molar-refractivity contribution >= 4 is 17.3 Å². The number of carbonyl (C=O) groups excluding carboxylic acids is 1. The van der Waals surface area contributed by atoms with E-state index in [0.29, 0.717) is 49.0 Å². The summed E-state index contributed by atoms with van der Waals surface area (Å²) in [6.45, 7) is 13.7. The zero-order valence-electron chi connectivity index (χ0n) is 22.1. The number of phenolic OH excluding ortho intramolecular Hbond substituents is 1. The van der Waals surface area contributed by atoms with Crippen LogP contribution < -0.4 is 10.5 Å². The Morgan fingerprint density at radius 3 is 2.51 bits per heavy atom. The van der Waals surface area contributed by atoms with Gasteiger partial charge in [-0.15, -0.1) is 0 Å². The first-order valence-electron chi connectivity index (χ1n) is 12.6. The van der Waals surface area contributed by atoms with E-state index in [2.05, 4.69) is 32.7 Å². The smallest absolute Gasteiger partial charge is 0.258 e. The molecule has 1 amide bonds. The molecule has 0 unspecified atom stereocenters. The third-order valence-corrected chi connectivity index (χ3v) is 6.16. The van der Waals surface area contributed by atoms with E-state index in [9.17, 15) is 9.90 Å². The van der Waals surface area contributed by atoms with Gasteiger partial charge in [-0.1, -0.05) is 40.7 Å². The summed E-state index contributed by atoms with van der Waals surface area (Å²) in [5.41, 5.74) is 9.58. The van der Waals surface area contributed by atoms with Crippen molar-refractivity contribution in [3.63, 3.8) is 0 Å². The van der Waals surface area contributed by atoms with Crippen LogP contribution in [0.25, 0.3) is 0 Å². The first-order valence-corrected chi connectivity index (χ1v) is 12.6. The van der Waals surface area contributed by atoms with Crippen LogP contribution in [-0.4, -0.2) is 53.3 Å². The Hall–Kier alpha value is -3.06. The average Bonchev–Trinajstić information content (AvgIpc) is 3.27. The fraction of sp³-hybridized carbons (Fsp3) is 0.500. The average molecular weight is 483 g/mol. The van der Waals surface area contributed by atoms with Crippen molar-refractivity contribution < 1.29 is 14.6 Å². The quantitative estimate of drug-likeness (QED) is 0.315. The molecule has 0 bridgehead atoms. The number of amides is 1. The highest BCUT2D eigenvalue weighted by atomic mass is 16.5. The molecule has 0 radical (unpaired) electrons. The number of phenols is 1. The lowest BCUT2D eigenvalue weighted by molar-refractivity contribution is 0.0748. The number of fused-ring (bicyclic) bond motifs is 1. The number of carbonyl (C=O) groups is 1. The fourth-order valence-electron chi connectivity index (χ4n) is 3.86. The van der Waals surface area contributed by atoms with E-state index in [-0.39, 0.29) is 17.2 Å². The maximum atomic E-state index is 13.3. The Bertz CT molecular complexity index is 1020. The van der Waals surface area contributed by atoms with Crippen LogP contribution in [-0.2, 0) is 13.1 Å². The van der Waals surface area contributed by atoms with E-state index in [1.807, 2.05) is 32.0 Å². The molecule has 2 aromatic carbocycles. The number of nitrogen functional groups attached to an aromatic ring is 1. The number of hydrogen-bond donors (Lipinski definition) is 3. The predicted octanol–water partition coefficient (Wildman–Crippen LogP) is 5.29. The topological polar surface area (TPSA) is 103 Å². The lowest BCUT2D eigenvalue weighted by Crippen LogP contribution is -2.25.